The summed E-state index contributed by atoms with van der Waals surface area (Å²) < 4.78 is 1.48. The first-order valence-corrected chi connectivity index (χ1v) is 8.20. The molecule has 1 heterocycles. The van der Waals surface area contributed by atoms with E-state index in [4.69, 9.17) is 11.6 Å². The number of aryl methyl sites for hydroxylation is 2. The molecule has 2 aromatic rings. The van der Waals surface area contributed by atoms with Gasteiger partial charge in [0.25, 0.3) is 5.91 Å². The van der Waals surface area contributed by atoms with Gasteiger partial charge in [-0.1, -0.05) is 23.7 Å². The Balaban J connectivity index is 1.58. The molecule has 126 valence electrons. The first kappa shape index (κ1) is 16.5. The second-order valence-electron chi connectivity index (χ2n) is 6.02. The average molecular weight is 347 g/mol. The van der Waals surface area contributed by atoms with Crippen LogP contribution in [0.1, 0.15) is 34.5 Å². The molecule has 3 rings (SSSR count). The third-order valence-electron chi connectivity index (χ3n) is 4.00. The largest absolute Gasteiger partial charge is 0.348 e. The number of carbonyl (C=O) groups excluding carboxylic acids is 2. The van der Waals surface area contributed by atoms with Crippen LogP contribution in [-0.4, -0.2) is 21.6 Å². The van der Waals surface area contributed by atoms with Crippen LogP contribution < -0.4 is 10.6 Å². The van der Waals surface area contributed by atoms with Crippen LogP contribution in [0.4, 0.5) is 5.69 Å². The standard InChI is InChI=1S/C17H19ClN4O2/c1-10-14(15(18)22(2)21-10)17(24)19-9-11-3-7-13(8-4-11)20-16(23)12-5-6-12/h3-4,7-8,12H,5-6,9H2,1-2H3,(H,19,24)(H,20,23). The fourth-order valence-corrected chi connectivity index (χ4v) is 2.71. The quantitative estimate of drug-likeness (QED) is 0.873. The summed E-state index contributed by atoms with van der Waals surface area (Å²) in [7, 11) is 1.70. The van der Waals surface area contributed by atoms with E-state index in [1.54, 1.807) is 14.0 Å². The molecule has 0 saturated heterocycles. The van der Waals surface area contributed by atoms with Crippen molar-refractivity contribution < 1.29 is 9.59 Å². The highest BCUT2D eigenvalue weighted by Crippen LogP contribution is 2.30. The summed E-state index contributed by atoms with van der Waals surface area (Å²) in [4.78, 5) is 24.0. The molecule has 1 aromatic heterocycles. The lowest BCUT2D eigenvalue weighted by Gasteiger charge is -2.07. The first-order valence-electron chi connectivity index (χ1n) is 7.83. The number of benzene rings is 1. The first-order chi connectivity index (χ1) is 11.5. The lowest BCUT2D eigenvalue weighted by atomic mass is 10.2. The molecule has 7 heteroatoms. The van der Waals surface area contributed by atoms with Gasteiger partial charge >= 0.3 is 0 Å². The molecule has 1 aliphatic carbocycles. The van der Waals surface area contributed by atoms with Crippen molar-refractivity contribution in [2.75, 3.05) is 5.32 Å². The van der Waals surface area contributed by atoms with Crippen molar-refractivity contribution in [2.24, 2.45) is 13.0 Å². The maximum absolute atomic E-state index is 12.3. The summed E-state index contributed by atoms with van der Waals surface area (Å²) in [6, 6.07) is 7.43. The Morgan fingerprint density at radius 2 is 1.96 bits per heavy atom. The highest BCUT2D eigenvalue weighted by atomic mass is 35.5. The zero-order chi connectivity index (χ0) is 17.3. The van der Waals surface area contributed by atoms with Crippen LogP contribution in [0.2, 0.25) is 5.15 Å². The van der Waals surface area contributed by atoms with E-state index in [9.17, 15) is 9.59 Å². The van der Waals surface area contributed by atoms with Gasteiger partial charge in [0.2, 0.25) is 5.91 Å². The number of hydrogen-bond acceptors (Lipinski definition) is 3. The summed E-state index contributed by atoms with van der Waals surface area (Å²) >= 11 is 6.09. The van der Waals surface area contributed by atoms with Crippen LogP contribution in [-0.2, 0) is 18.4 Å². The predicted octanol–water partition coefficient (Wildman–Crippen LogP) is 2.66. The zero-order valence-corrected chi connectivity index (χ0v) is 14.4. The topological polar surface area (TPSA) is 76.0 Å². The Morgan fingerprint density at radius 3 is 2.50 bits per heavy atom. The van der Waals surface area contributed by atoms with Gasteiger partial charge in [0.15, 0.2) is 0 Å². The van der Waals surface area contributed by atoms with Gasteiger partial charge in [-0.15, -0.1) is 0 Å². The van der Waals surface area contributed by atoms with Gasteiger partial charge in [-0.05, 0) is 37.5 Å². The van der Waals surface area contributed by atoms with Gasteiger partial charge < -0.3 is 10.6 Å². The molecule has 1 aliphatic rings. The second-order valence-corrected chi connectivity index (χ2v) is 6.38. The lowest BCUT2D eigenvalue weighted by molar-refractivity contribution is -0.117. The molecule has 1 aromatic carbocycles. The van der Waals surface area contributed by atoms with Crippen LogP contribution in [0.3, 0.4) is 0 Å². The van der Waals surface area contributed by atoms with Crippen molar-refractivity contribution in [3.63, 3.8) is 0 Å². The summed E-state index contributed by atoms with van der Waals surface area (Å²) in [6.07, 6.45) is 1.96. The Kier molecular flexibility index (Phi) is 4.57. The number of hydrogen-bond donors (Lipinski definition) is 2. The van der Waals surface area contributed by atoms with E-state index in [-0.39, 0.29) is 17.7 Å². The van der Waals surface area contributed by atoms with Gasteiger partial charge in [0.05, 0.1) is 11.3 Å². The van der Waals surface area contributed by atoms with E-state index in [0.29, 0.717) is 23.0 Å². The number of halogens is 1. The second kappa shape index (κ2) is 6.65. The Bertz CT molecular complexity index is 779. The molecular weight excluding hydrogens is 328 g/mol. The average Bonchev–Trinajstić information content (AvgIpc) is 3.35. The highest BCUT2D eigenvalue weighted by Gasteiger charge is 2.29. The maximum Gasteiger partial charge on any atom is 0.256 e. The van der Waals surface area contributed by atoms with Crippen molar-refractivity contribution in [2.45, 2.75) is 26.3 Å². The van der Waals surface area contributed by atoms with E-state index in [1.807, 2.05) is 24.3 Å². The molecule has 0 unspecified atom stereocenters. The van der Waals surface area contributed by atoms with Gasteiger partial charge in [-0.2, -0.15) is 5.10 Å². The molecule has 1 saturated carbocycles. The summed E-state index contributed by atoms with van der Waals surface area (Å²) in [6.45, 7) is 2.12. The van der Waals surface area contributed by atoms with Gasteiger partial charge in [-0.25, -0.2) is 0 Å². The van der Waals surface area contributed by atoms with Crippen molar-refractivity contribution in [3.05, 3.63) is 46.2 Å². The summed E-state index contributed by atoms with van der Waals surface area (Å²) in [5.74, 6) is 0.00546. The molecule has 0 bridgehead atoms. The zero-order valence-electron chi connectivity index (χ0n) is 13.6. The van der Waals surface area contributed by atoms with Gasteiger partial charge in [0.1, 0.15) is 5.15 Å². The number of aromatic nitrogens is 2. The molecule has 2 amide bonds. The molecule has 2 N–H and O–H groups in total. The van der Waals surface area contributed by atoms with Crippen LogP contribution in [0.5, 0.6) is 0 Å². The fourth-order valence-electron chi connectivity index (χ4n) is 2.45. The lowest BCUT2D eigenvalue weighted by Crippen LogP contribution is -2.23. The monoisotopic (exact) mass is 346 g/mol. The number of anilines is 1. The third kappa shape index (κ3) is 3.59. The molecule has 24 heavy (non-hydrogen) atoms. The van der Waals surface area contributed by atoms with E-state index < -0.39 is 0 Å². The summed E-state index contributed by atoms with van der Waals surface area (Å²) in [5.41, 5.74) is 2.70. The number of nitrogens with one attached hydrogen (secondary N) is 2. The summed E-state index contributed by atoms with van der Waals surface area (Å²) in [5, 5.41) is 10.2. The maximum atomic E-state index is 12.3. The number of carbonyl (C=O) groups is 2. The Hall–Kier alpha value is -2.34. The minimum absolute atomic E-state index is 0.0812. The molecule has 6 nitrogen and oxygen atoms in total. The fraction of sp³-hybridized carbons (Fsp3) is 0.353. The van der Waals surface area contributed by atoms with Crippen molar-refractivity contribution >= 4 is 29.1 Å². The van der Waals surface area contributed by atoms with Crippen molar-refractivity contribution in [3.8, 4) is 0 Å². The van der Waals surface area contributed by atoms with Gasteiger partial charge in [-0.3, -0.25) is 14.3 Å². The minimum Gasteiger partial charge on any atom is -0.348 e. The van der Waals surface area contributed by atoms with Crippen molar-refractivity contribution in [1.82, 2.24) is 15.1 Å². The van der Waals surface area contributed by atoms with Gasteiger partial charge in [0, 0.05) is 25.2 Å². The van der Waals surface area contributed by atoms with Crippen LogP contribution >= 0.6 is 11.6 Å². The number of amides is 2. The van der Waals surface area contributed by atoms with Crippen molar-refractivity contribution in [1.29, 1.82) is 0 Å². The van der Waals surface area contributed by atoms with E-state index in [2.05, 4.69) is 15.7 Å². The van der Waals surface area contributed by atoms with E-state index >= 15 is 0 Å². The Morgan fingerprint density at radius 1 is 1.29 bits per heavy atom. The highest BCUT2D eigenvalue weighted by molar-refractivity contribution is 6.33. The SMILES string of the molecule is Cc1nn(C)c(Cl)c1C(=O)NCc1ccc(NC(=O)C2CC2)cc1. The molecule has 1 fully saturated rings. The molecule has 0 spiro atoms. The third-order valence-corrected chi connectivity index (χ3v) is 4.44. The normalized spacial score (nSPS) is 13.6. The smallest absolute Gasteiger partial charge is 0.256 e. The number of rotatable bonds is 5. The molecule has 0 atom stereocenters. The minimum atomic E-state index is -0.253. The van der Waals surface area contributed by atoms with E-state index in [1.165, 1.54) is 4.68 Å². The van der Waals surface area contributed by atoms with Crippen LogP contribution in [0.25, 0.3) is 0 Å². The molecule has 0 radical (unpaired) electrons. The number of nitrogens with zero attached hydrogens (tertiary/aromatic N) is 2. The molecular formula is C17H19ClN4O2. The predicted molar refractivity (Wildman–Crippen MR) is 91.9 cm³/mol. The van der Waals surface area contributed by atoms with E-state index in [0.717, 1.165) is 24.1 Å². The Labute approximate surface area is 145 Å². The molecule has 0 aliphatic heterocycles. The van der Waals surface area contributed by atoms with Crippen LogP contribution in [0, 0.1) is 12.8 Å². The van der Waals surface area contributed by atoms with Crippen LogP contribution in [0.15, 0.2) is 24.3 Å².